The second kappa shape index (κ2) is 8.80. The van der Waals surface area contributed by atoms with Crippen molar-refractivity contribution in [3.63, 3.8) is 0 Å². The fourth-order valence-electron chi connectivity index (χ4n) is 2.13. The van der Waals surface area contributed by atoms with Crippen LogP contribution in [0.1, 0.15) is 0 Å². The second-order valence-electron chi connectivity index (χ2n) is 5.33. The van der Waals surface area contributed by atoms with Gasteiger partial charge in [0.05, 0.1) is 14.2 Å². The molecule has 1 amide bonds. The van der Waals surface area contributed by atoms with E-state index in [2.05, 4.69) is 5.32 Å². The third-order valence-corrected chi connectivity index (χ3v) is 3.36. The molecule has 0 bridgehead atoms. The van der Waals surface area contributed by atoms with E-state index in [0.717, 1.165) is 28.6 Å². The van der Waals surface area contributed by atoms with Crippen molar-refractivity contribution in [1.29, 1.82) is 0 Å². The van der Waals surface area contributed by atoms with Crippen LogP contribution in [0.4, 0.5) is 5.69 Å². The van der Waals surface area contributed by atoms with Gasteiger partial charge < -0.3 is 19.7 Å². The molecule has 5 nitrogen and oxygen atoms in total. The molecule has 0 saturated heterocycles. The van der Waals surface area contributed by atoms with Crippen LogP contribution in [0.2, 0.25) is 0 Å². The molecule has 0 saturated carbocycles. The number of hydrogen-bond donors (Lipinski definition) is 2. The van der Waals surface area contributed by atoms with Crippen molar-refractivity contribution in [3.8, 4) is 11.5 Å². The molecule has 0 fully saturated rings. The molecule has 2 N–H and O–H groups in total. The van der Waals surface area contributed by atoms with Crippen LogP contribution in [0.25, 0.3) is 0 Å². The number of ether oxygens (including phenoxy) is 2. The van der Waals surface area contributed by atoms with Crippen molar-refractivity contribution >= 4 is 11.6 Å². The van der Waals surface area contributed by atoms with Crippen LogP contribution in [0.5, 0.6) is 11.5 Å². The summed E-state index contributed by atoms with van der Waals surface area (Å²) in [6.45, 7) is 1.71. The maximum atomic E-state index is 12.0. The molecular formula is C18H23N2O3+. The average Bonchev–Trinajstić information content (AvgIpc) is 2.56. The van der Waals surface area contributed by atoms with Gasteiger partial charge in [-0.05, 0) is 24.3 Å². The molecule has 0 aromatic heterocycles. The first-order valence-electron chi connectivity index (χ1n) is 7.60. The Hall–Kier alpha value is -2.53. The summed E-state index contributed by atoms with van der Waals surface area (Å²) in [5.74, 6) is 1.54. The Bertz CT molecular complexity index is 617. The van der Waals surface area contributed by atoms with Gasteiger partial charge in [-0.1, -0.05) is 24.3 Å². The van der Waals surface area contributed by atoms with Gasteiger partial charge in [-0.15, -0.1) is 0 Å². The number of rotatable bonds is 8. The predicted molar refractivity (Wildman–Crippen MR) is 90.2 cm³/mol. The topological polar surface area (TPSA) is 52.0 Å². The zero-order valence-corrected chi connectivity index (χ0v) is 13.5. The fourth-order valence-corrected chi connectivity index (χ4v) is 2.13. The number of para-hydroxylation sites is 1. The first kappa shape index (κ1) is 16.8. The highest BCUT2D eigenvalue weighted by Gasteiger charge is 2.10. The van der Waals surface area contributed by atoms with Gasteiger partial charge in [0, 0.05) is 11.8 Å². The lowest BCUT2D eigenvalue weighted by atomic mass is 10.3. The van der Waals surface area contributed by atoms with Crippen LogP contribution in [-0.4, -0.2) is 39.8 Å². The Morgan fingerprint density at radius 2 is 1.83 bits per heavy atom. The maximum Gasteiger partial charge on any atom is 0.279 e. The average molecular weight is 315 g/mol. The van der Waals surface area contributed by atoms with Crippen LogP contribution in [0.15, 0.2) is 54.6 Å². The zero-order chi connectivity index (χ0) is 16.5. The molecule has 1 atom stereocenters. The number of anilines is 1. The summed E-state index contributed by atoms with van der Waals surface area (Å²) in [7, 11) is 3.57. The minimum Gasteiger partial charge on any atom is -0.497 e. The normalized spacial score (nSPS) is 11.6. The van der Waals surface area contributed by atoms with Gasteiger partial charge in [0.1, 0.15) is 24.7 Å². The third kappa shape index (κ3) is 6.00. The fraction of sp³-hybridized carbons (Fsp3) is 0.278. The summed E-state index contributed by atoms with van der Waals surface area (Å²) in [5, 5.41) is 2.88. The Morgan fingerprint density at radius 1 is 1.09 bits per heavy atom. The molecule has 1 unspecified atom stereocenters. The van der Waals surface area contributed by atoms with Gasteiger partial charge in [-0.3, -0.25) is 4.79 Å². The Kier molecular flexibility index (Phi) is 6.44. The number of methoxy groups -OCH3 is 1. The molecule has 0 aliphatic rings. The third-order valence-electron chi connectivity index (χ3n) is 3.36. The van der Waals surface area contributed by atoms with Gasteiger partial charge in [0.2, 0.25) is 0 Å². The van der Waals surface area contributed by atoms with Gasteiger partial charge in [-0.2, -0.15) is 0 Å². The lowest BCUT2D eigenvalue weighted by molar-refractivity contribution is -0.871. The van der Waals surface area contributed by atoms with E-state index in [1.165, 1.54) is 0 Å². The molecule has 23 heavy (non-hydrogen) atoms. The number of benzene rings is 2. The highest BCUT2D eigenvalue weighted by molar-refractivity contribution is 5.91. The monoisotopic (exact) mass is 315 g/mol. The molecular weight excluding hydrogens is 292 g/mol. The summed E-state index contributed by atoms with van der Waals surface area (Å²) in [4.78, 5) is 13.1. The summed E-state index contributed by atoms with van der Waals surface area (Å²) in [6, 6.07) is 17.0. The molecule has 2 aromatic carbocycles. The summed E-state index contributed by atoms with van der Waals surface area (Å²) in [5.41, 5.74) is 0.739. The molecule has 0 radical (unpaired) electrons. The summed E-state index contributed by atoms with van der Waals surface area (Å²) >= 11 is 0. The van der Waals surface area contributed by atoms with Crippen LogP contribution in [0.3, 0.4) is 0 Å². The first-order valence-corrected chi connectivity index (χ1v) is 7.60. The van der Waals surface area contributed by atoms with Gasteiger partial charge in [0.25, 0.3) is 5.91 Å². The van der Waals surface area contributed by atoms with Crippen LogP contribution in [-0.2, 0) is 4.79 Å². The van der Waals surface area contributed by atoms with E-state index < -0.39 is 0 Å². The number of carbonyl (C=O) groups excluding carboxylic acids is 1. The van der Waals surface area contributed by atoms with Crippen molar-refractivity contribution in [2.24, 2.45) is 0 Å². The number of nitrogens with one attached hydrogen (secondary N) is 2. The second-order valence-corrected chi connectivity index (χ2v) is 5.33. The largest absolute Gasteiger partial charge is 0.497 e. The van der Waals surface area contributed by atoms with Crippen molar-refractivity contribution in [2.75, 3.05) is 39.2 Å². The van der Waals surface area contributed by atoms with E-state index in [4.69, 9.17) is 9.47 Å². The van der Waals surface area contributed by atoms with Crippen molar-refractivity contribution in [3.05, 3.63) is 54.6 Å². The quantitative estimate of drug-likeness (QED) is 0.770. The Labute approximate surface area is 136 Å². The molecule has 0 aliphatic carbocycles. The summed E-state index contributed by atoms with van der Waals surface area (Å²) in [6.07, 6.45) is 0. The standard InChI is InChI=1S/C18H22N2O3/c1-20(11-12-23-16-8-4-3-5-9-16)14-18(21)19-15-7-6-10-17(13-15)22-2/h3-10,13H,11-12,14H2,1-2H3,(H,19,21)/p+1. The van der Waals surface area contributed by atoms with Crippen LogP contribution < -0.4 is 19.7 Å². The van der Waals surface area contributed by atoms with E-state index in [1.54, 1.807) is 13.2 Å². The predicted octanol–water partition coefficient (Wildman–Crippen LogP) is 1.23. The molecule has 2 rings (SSSR count). The highest BCUT2D eigenvalue weighted by Crippen LogP contribution is 2.16. The number of hydrogen-bond acceptors (Lipinski definition) is 3. The molecule has 0 aliphatic heterocycles. The minimum atomic E-state index is -0.0320. The van der Waals surface area contributed by atoms with Gasteiger partial charge in [-0.25, -0.2) is 0 Å². The minimum absolute atomic E-state index is 0.0320. The Morgan fingerprint density at radius 3 is 2.57 bits per heavy atom. The smallest absolute Gasteiger partial charge is 0.279 e. The van der Waals surface area contributed by atoms with Gasteiger partial charge >= 0.3 is 0 Å². The molecule has 2 aromatic rings. The molecule has 0 spiro atoms. The molecule has 5 heteroatoms. The van der Waals surface area contributed by atoms with Crippen LogP contribution >= 0.6 is 0 Å². The zero-order valence-electron chi connectivity index (χ0n) is 13.5. The van der Waals surface area contributed by atoms with E-state index >= 15 is 0 Å². The number of quaternary nitrogens is 1. The summed E-state index contributed by atoms with van der Waals surface area (Å²) < 4.78 is 10.8. The van der Waals surface area contributed by atoms with Crippen molar-refractivity contribution in [2.45, 2.75) is 0 Å². The van der Waals surface area contributed by atoms with E-state index in [-0.39, 0.29) is 5.91 Å². The lowest BCUT2D eigenvalue weighted by Crippen LogP contribution is -3.10. The first-order chi connectivity index (χ1) is 11.2. The van der Waals surface area contributed by atoms with Gasteiger partial charge in [0.15, 0.2) is 6.54 Å². The molecule has 122 valence electrons. The Balaban J connectivity index is 1.71. The lowest BCUT2D eigenvalue weighted by Gasteiger charge is -2.14. The van der Waals surface area contributed by atoms with Crippen molar-refractivity contribution in [1.82, 2.24) is 0 Å². The van der Waals surface area contributed by atoms with Crippen molar-refractivity contribution < 1.29 is 19.2 Å². The maximum absolute atomic E-state index is 12.0. The molecule has 0 heterocycles. The highest BCUT2D eigenvalue weighted by atomic mass is 16.5. The number of likely N-dealkylation sites (N-methyl/N-ethyl adjacent to an activating group) is 1. The van der Waals surface area contributed by atoms with Crippen LogP contribution in [0, 0.1) is 0 Å². The van der Waals surface area contributed by atoms with E-state index in [9.17, 15) is 4.79 Å². The SMILES string of the molecule is COc1cccc(NC(=O)C[NH+](C)CCOc2ccccc2)c1. The van der Waals surface area contributed by atoms with E-state index in [0.29, 0.717) is 13.2 Å². The number of amides is 1. The van der Waals surface area contributed by atoms with E-state index in [1.807, 2.05) is 55.6 Å². The number of carbonyl (C=O) groups is 1.